The number of aliphatic imine (C=N–C) groups is 1. The number of fused-ring (bicyclic) bond motifs is 1. The molecule has 0 aliphatic carbocycles. The molecule has 0 radical (unpaired) electrons. The minimum Gasteiger partial charge on any atom is -0.357 e. The lowest BCUT2D eigenvalue weighted by atomic mass is 10.1. The molecule has 0 bridgehead atoms. The van der Waals surface area contributed by atoms with E-state index < -0.39 is 0 Å². The van der Waals surface area contributed by atoms with E-state index >= 15 is 0 Å². The number of aryl methyl sites for hydroxylation is 2. The van der Waals surface area contributed by atoms with Gasteiger partial charge >= 0.3 is 0 Å². The first-order chi connectivity index (χ1) is 13.7. The molecule has 3 aromatic rings. The van der Waals surface area contributed by atoms with E-state index in [9.17, 15) is 0 Å². The molecule has 6 nitrogen and oxygen atoms in total. The van der Waals surface area contributed by atoms with Gasteiger partial charge in [0.25, 0.3) is 0 Å². The van der Waals surface area contributed by atoms with Gasteiger partial charge in [0.2, 0.25) is 0 Å². The maximum Gasteiger partial charge on any atom is 0.191 e. The van der Waals surface area contributed by atoms with Crippen LogP contribution >= 0.6 is 24.0 Å². The fourth-order valence-corrected chi connectivity index (χ4v) is 3.57. The second-order valence-corrected chi connectivity index (χ2v) is 6.74. The smallest absolute Gasteiger partial charge is 0.191 e. The molecule has 1 aromatic carbocycles. The Morgan fingerprint density at radius 3 is 2.59 bits per heavy atom. The number of halogens is 1. The van der Waals surface area contributed by atoms with Gasteiger partial charge in [-0.05, 0) is 37.5 Å². The second-order valence-electron chi connectivity index (χ2n) is 6.74. The molecule has 7 heteroatoms. The molecule has 3 rings (SSSR count). The summed E-state index contributed by atoms with van der Waals surface area (Å²) >= 11 is 0. The topological polar surface area (TPSA) is 67.1 Å². The van der Waals surface area contributed by atoms with Crippen LogP contribution in [0.4, 0.5) is 0 Å². The van der Waals surface area contributed by atoms with Crippen LogP contribution in [0, 0.1) is 0 Å². The van der Waals surface area contributed by atoms with Crippen LogP contribution in [-0.2, 0) is 33.0 Å². The molecule has 2 aromatic heterocycles. The Balaban J connectivity index is 0.00000300. The zero-order valence-corrected chi connectivity index (χ0v) is 20.0. The molecule has 156 valence electrons. The van der Waals surface area contributed by atoms with Crippen LogP contribution in [0.3, 0.4) is 0 Å². The van der Waals surface area contributed by atoms with Gasteiger partial charge in [-0.25, -0.2) is 4.99 Å². The van der Waals surface area contributed by atoms with Crippen LogP contribution < -0.4 is 10.6 Å². The minimum absolute atomic E-state index is 0. The lowest BCUT2D eigenvalue weighted by molar-refractivity contribution is 0.702. The average Bonchev–Trinajstić information content (AvgIpc) is 3.04. The lowest BCUT2D eigenvalue weighted by Gasteiger charge is -2.13. The van der Waals surface area contributed by atoms with E-state index in [1.165, 1.54) is 16.8 Å². The van der Waals surface area contributed by atoms with E-state index in [-0.39, 0.29) is 24.0 Å². The molecular weight excluding hydrogens is 475 g/mol. The zero-order chi connectivity index (χ0) is 19.9. The highest BCUT2D eigenvalue weighted by atomic mass is 127. The Morgan fingerprint density at radius 2 is 1.86 bits per heavy atom. The summed E-state index contributed by atoms with van der Waals surface area (Å²) < 4.78 is 2.00. The number of nitrogens with one attached hydrogen (secondary N) is 2. The Kier molecular flexibility index (Phi) is 8.88. The van der Waals surface area contributed by atoms with Crippen molar-refractivity contribution in [1.29, 1.82) is 0 Å². The molecule has 0 unspecified atom stereocenters. The first-order valence-electron chi connectivity index (χ1n) is 10.1. The maximum atomic E-state index is 4.81. The van der Waals surface area contributed by atoms with Gasteiger partial charge in [0.15, 0.2) is 5.96 Å². The van der Waals surface area contributed by atoms with Crippen LogP contribution in [0.1, 0.15) is 43.3 Å². The van der Waals surface area contributed by atoms with Crippen molar-refractivity contribution in [1.82, 2.24) is 25.4 Å². The Hall–Kier alpha value is -2.16. The number of benzene rings is 1. The fourth-order valence-electron chi connectivity index (χ4n) is 3.57. The van der Waals surface area contributed by atoms with E-state index in [0.29, 0.717) is 6.54 Å². The first kappa shape index (κ1) is 23.1. The molecule has 2 heterocycles. The van der Waals surface area contributed by atoms with E-state index in [4.69, 9.17) is 4.99 Å². The molecule has 0 atom stereocenters. The third-order valence-corrected chi connectivity index (χ3v) is 4.95. The van der Waals surface area contributed by atoms with Gasteiger partial charge in [0, 0.05) is 43.0 Å². The number of aromatic nitrogens is 3. The van der Waals surface area contributed by atoms with Crippen molar-refractivity contribution in [2.75, 3.05) is 6.54 Å². The van der Waals surface area contributed by atoms with Gasteiger partial charge in [-0.3, -0.25) is 9.67 Å². The molecule has 29 heavy (non-hydrogen) atoms. The van der Waals surface area contributed by atoms with E-state index in [2.05, 4.69) is 47.6 Å². The second kappa shape index (κ2) is 11.1. The molecule has 0 aliphatic rings. The third kappa shape index (κ3) is 5.46. The van der Waals surface area contributed by atoms with Crippen LogP contribution in [0.15, 0.2) is 41.5 Å². The summed E-state index contributed by atoms with van der Waals surface area (Å²) in [6.45, 7) is 8.55. The third-order valence-electron chi connectivity index (χ3n) is 4.95. The number of nitrogens with zero attached hydrogens (tertiary/aromatic N) is 4. The van der Waals surface area contributed by atoms with E-state index in [1.807, 2.05) is 42.2 Å². The van der Waals surface area contributed by atoms with Crippen LogP contribution in [0.25, 0.3) is 10.9 Å². The van der Waals surface area contributed by atoms with Crippen molar-refractivity contribution in [3.05, 3.63) is 59.0 Å². The van der Waals surface area contributed by atoms with E-state index in [0.717, 1.165) is 48.5 Å². The van der Waals surface area contributed by atoms with Gasteiger partial charge in [0.1, 0.15) is 0 Å². The monoisotopic (exact) mass is 506 g/mol. The molecule has 0 spiro atoms. The number of pyridine rings is 1. The molecule has 0 saturated carbocycles. The van der Waals surface area contributed by atoms with Crippen LogP contribution in [-0.4, -0.2) is 27.3 Å². The molecule has 0 saturated heterocycles. The van der Waals surface area contributed by atoms with Crippen LogP contribution in [0.2, 0.25) is 0 Å². The summed E-state index contributed by atoms with van der Waals surface area (Å²) in [6, 6.07) is 10.2. The van der Waals surface area contributed by atoms with Gasteiger partial charge in [-0.2, -0.15) is 5.10 Å². The number of hydrogen-bond donors (Lipinski definition) is 2. The van der Waals surface area contributed by atoms with Crippen molar-refractivity contribution in [2.45, 2.75) is 46.7 Å². The summed E-state index contributed by atoms with van der Waals surface area (Å²) in [7, 11) is 2.02. The summed E-state index contributed by atoms with van der Waals surface area (Å²) in [6.07, 6.45) is 3.75. The van der Waals surface area contributed by atoms with Gasteiger partial charge in [0.05, 0.1) is 17.8 Å². The van der Waals surface area contributed by atoms with Crippen molar-refractivity contribution >= 4 is 40.8 Å². The molecule has 0 fully saturated rings. The van der Waals surface area contributed by atoms with Gasteiger partial charge < -0.3 is 10.6 Å². The molecule has 2 N–H and O–H groups in total. The number of para-hydroxylation sites is 1. The summed E-state index contributed by atoms with van der Waals surface area (Å²) in [5.41, 5.74) is 5.90. The van der Waals surface area contributed by atoms with Crippen molar-refractivity contribution in [3.63, 3.8) is 0 Å². The highest BCUT2D eigenvalue weighted by Crippen LogP contribution is 2.17. The fraction of sp³-hybridized carbons (Fsp3) is 0.409. The number of guanidine groups is 1. The molecular formula is C22H31IN6. The largest absolute Gasteiger partial charge is 0.357 e. The summed E-state index contributed by atoms with van der Waals surface area (Å²) in [5.74, 6) is 0.816. The zero-order valence-electron chi connectivity index (χ0n) is 17.7. The normalized spacial score (nSPS) is 11.4. The van der Waals surface area contributed by atoms with E-state index in [1.54, 1.807) is 0 Å². The Morgan fingerprint density at radius 1 is 1.07 bits per heavy atom. The predicted octanol–water partition coefficient (Wildman–Crippen LogP) is 3.97. The summed E-state index contributed by atoms with van der Waals surface area (Å²) in [5, 5.41) is 12.6. The maximum absolute atomic E-state index is 4.81. The highest BCUT2D eigenvalue weighted by molar-refractivity contribution is 14.0. The Labute approximate surface area is 190 Å². The SMILES string of the molecule is CCNC(=NCc1ccnc2ccccc12)NCc1c(CC)nn(C)c1CC.I. The quantitative estimate of drug-likeness (QED) is 0.289. The van der Waals surface area contributed by atoms with Crippen molar-refractivity contribution in [2.24, 2.45) is 12.0 Å². The Bertz CT molecular complexity index is 958. The van der Waals surface area contributed by atoms with Crippen LogP contribution in [0.5, 0.6) is 0 Å². The predicted molar refractivity (Wildman–Crippen MR) is 131 cm³/mol. The highest BCUT2D eigenvalue weighted by Gasteiger charge is 2.13. The molecule has 0 aliphatic heterocycles. The van der Waals surface area contributed by atoms with Crippen molar-refractivity contribution < 1.29 is 0 Å². The summed E-state index contributed by atoms with van der Waals surface area (Å²) in [4.78, 5) is 9.24. The molecule has 0 amide bonds. The first-order valence-corrected chi connectivity index (χ1v) is 10.1. The van der Waals surface area contributed by atoms with Gasteiger partial charge in [-0.1, -0.05) is 32.0 Å². The minimum atomic E-state index is 0. The number of rotatable bonds is 7. The standard InChI is InChI=1S/C22H30N6.HI/c1-5-19-18(21(6-2)28(4)27-19)15-26-22(23-7-3)25-14-16-12-13-24-20-11-9-8-10-17(16)20;/h8-13H,5-7,14-15H2,1-4H3,(H2,23,25,26);1H. The number of hydrogen-bond acceptors (Lipinski definition) is 3. The van der Waals surface area contributed by atoms with Crippen molar-refractivity contribution in [3.8, 4) is 0 Å². The average molecular weight is 506 g/mol. The lowest BCUT2D eigenvalue weighted by Crippen LogP contribution is -2.37. The van der Waals surface area contributed by atoms with Gasteiger partial charge in [-0.15, -0.1) is 24.0 Å².